The van der Waals surface area contributed by atoms with Gasteiger partial charge in [0.2, 0.25) is 5.91 Å². The molecule has 1 atom stereocenters. The molecule has 2 N–H and O–H groups in total. The number of hydrogen-bond donors (Lipinski definition) is 2. The number of anilines is 1. The molecule has 21 heavy (non-hydrogen) atoms. The van der Waals surface area contributed by atoms with Gasteiger partial charge in [-0.2, -0.15) is 0 Å². The Balaban J connectivity index is 2.03. The van der Waals surface area contributed by atoms with Gasteiger partial charge in [0.25, 0.3) is 5.91 Å². The van der Waals surface area contributed by atoms with E-state index < -0.39 is 24.5 Å². The Labute approximate surface area is 121 Å². The van der Waals surface area contributed by atoms with Crippen LogP contribution >= 0.6 is 0 Å². The topological polar surface area (TPSA) is 95.9 Å². The number of para-hydroxylation sites is 2. The molecular formula is C14H16N2O5. The van der Waals surface area contributed by atoms with Crippen LogP contribution in [0.25, 0.3) is 0 Å². The van der Waals surface area contributed by atoms with Crippen LogP contribution in [0.15, 0.2) is 24.3 Å². The monoisotopic (exact) mass is 292 g/mol. The maximum atomic E-state index is 12.1. The molecule has 1 heterocycles. The Bertz CT molecular complexity index is 572. The van der Waals surface area contributed by atoms with Gasteiger partial charge in [-0.1, -0.05) is 12.1 Å². The zero-order valence-corrected chi connectivity index (χ0v) is 11.5. The zero-order valence-electron chi connectivity index (χ0n) is 11.5. The molecule has 1 aliphatic heterocycles. The Morgan fingerprint density at radius 2 is 2.10 bits per heavy atom. The van der Waals surface area contributed by atoms with Crippen molar-refractivity contribution in [1.29, 1.82) is 0 Å². The summed E-state index contributed by atoms with van der Waals surface area (Å²) in [6.45, 7) is 1.40. The molecule has 0 aromatic heterocycles. The number of benzene rings is 1. The lowest BCUT2D eigenvalue weighted by Crippen LogP contribution is -2.46. The van der Waals surface area contributed by atoms with Crippen LogP contribution < -0.4 is 15.0 Å². The lowest BCUT2D eigenvalue weighted by atomic mass is 10.1. The number of carbonyl (C=O) groups is 3. The highest BCUT2D eigenvalue weighted by Crippen LogP contribution is 2.33. The summed E-state index contributed by atoms with van der Waals surface area (Å²) < 4.78 is 5.49. The van der Waals surface area contributed by atoms with Crippen LogP contribution in [0.5, 0.6) is 5.75 Å². The second kappa shape index (κ2) is 6.25. The molecule has 1 aromatic rings. The van der Waals surface area contributed by atoms with Crippen LogP contribution in [-0.2, 0) is 14.4 Å². The van der Waals surface area contributed by atoms with E-state index in [-0.39, 0.29) is 18.9 Å². The Morgan fingerprint density at radius 3 is 2.81 bits per heavy atom. The van der Waals surface area contributed by atoms with Crippen molar-refractivity contribution in [3.05, 3.63) is 24.3 Å². The van der Waals surface area contributed by atoms with Gasteiger partial charge < -0.3 is 20.1 Å². The maximum Gasteiger partial charge on any atom is 0.322 e. The minimum Gasteiger partial charge on any atom is -0.480 e. The molecule has 112 valence electrons. The number of ether oxygens (including phenoxy) is 1. The van der Waals surface area contributed by atoms with Gasteiger partial charge in [0.15, 0.2) is 6.10 Å². The fourth-order valence-corrected chi connectivity index (χ4v) is 2.07. The van der Waals surface area contributed by atoms with E-state index >= 15 is 0 Å². The van der Waals surface area contributed by atoms with Gasteiger partial charge in [0.05, 0.1) is 5.69 Å². The molecule has 0 fully saturated rings. The summed E-state index contributed by atoms with van der Waals surface area (Å²) in [6.07, 6.45) is -0.581. The van der Waals surface area contributed by atoms with Crippen LogP contribution in [0, 0.1) is 0 Å². The summed E-state index contributed by atoms with van der Waals surface area (Å²) in [6, 6.07) is 7.09. The lowest BCUT2D eigenvalue weighted by Gasteiger charge is -2.32. The molecule has 1 unspecified atom stereocenters. The number of carbonyl (C=O) groups excluding carboxylic acids is 2. The predicted molar refractivity (Wildman–Crippen MR) is 74.1 cm³/mol. The summed E-state index contributed by atoms with van der Waals surface area (Å²) in [4.78, 5) is 35.6. The van der Waals surface area contributed by atoms with Crippen molar-refractivity contribution < 1.29 is 24.2 Å². The predicted octanol–water partition coefficient (Wildman–Crippen LogP) is 0.391. The third-order valence-corrected chi connectivity index (χ3v) is 3.07. The van der Waals surface area contributed by atoms with Crippen molar-refractivity contribution in [2.45, 2.75) is 19.4 Å². The summed E-state index contributed by atoms with van der Waals surface area (Å²) in [5.74, 6) is -1.15. The molecule has 1 aromatic carbocycles. The highest BCUT2D eigenvalue weighted by Gasteiger charge is 2.31. The Kier molecular flexibility index (Phi) is 4.42. The quantitative estimate of drug-likeness (QED) is 0.818. The largest absolute Gasteiger partial charge is 0.480 e. The highest BCUT2D eigenvalue weighted by molar-refractivity contribution is 6.00. The number of aliphatic carboxylic acids is 1. The van der Waals surface area contributed by atoms with Crippen molar-refractivity contribution in [2.24, 2.45) is 0 Å². The standard InChI is InChI=1S/C14H16N2O5/c1-9-14(20)16(7-6-12(17)15-8-13(18)19)10-4-2-3-5-11(10)21-9/h2-5,9H,6-8H2,1H3,(H,15,17)(H,18,19). The smallest absolute Gasteiger partial charge is 0.322 e. The van der Waals surface area contributed by atoms with E-state index in [1.165, 1.54) is 4.90 Å². The Morgan fingerprint density at radius 1 is 1.38 bits per heavy atom. The van der Waals surface area contributed by atoms with Gasteiger partial charge in [-0.25, -0.2) is 0 Å². The second-order valence-corrected chi connectivity index (χ2v) is 4.64. The minimum absolute atomic E-state index is 0.0279. The van der Waals surface area contributed by atoms with Crippen LogP contribution in [0.1, 0.15) is 13.3 Å². The number of rotatable bonds is 5. The average molecular weight is 292 g/mol. The van der Waals surface area contributed by atoms with Gasteiger partial charge in [0, 0.05) is 13.0 Å². The molecule has 0 saturated heterocycles. The van der Waals surface area contributed by atoms with Crippen LogP contribution in [0.3, 0.4) is 0 Å². The molecular weight excluding hydrogens is 276 g/mol. The first-order valence-corrected chi connectivity index (χ1v) is 6.54. The van der Waals surface area contributed by atoms with E-state index in [2.05, 4.69) is 5.32 Å². The van der Waals surface area contributed by atoms with E-state index in [1.807, 2.05) is 0 Å². The van der Waals surface area contributed by atoms with Crippen LogP contribution in [0.2, 0.25) is 0 Å². The molecule has 0 bridgehead atoms. The van der Waals surface area contributed by atoms with E-state index in [0.29, 0.717) is 11.4 Å². The molecule has 2 amide bonds. The van der Waals surface area contributed by atoms with E-state index in [1.54, 1.807) is 31.2 Å². The first-order valence-electron chi connectivity index (χ1n) is 6.54. The first kappa shape index (κ1) is 14.8. The average Bonchev–Trinajstić information content (AvgIpc) is 2.45. The zero-order chi connectivity index (χ0) is 15.4. The molecule has 0 radical (unpaired) electrons. The minimum atomic E-state index is -1.11. The van der Waals surface area contributed by atoms with Gasteiger partial charge in [-0.05, 0) is 19.1 Å². The lowest BCUT2D eigenvalue weighted by molar-refractivity contribution is -0.138. The molecule has 7 heteroatoms. The maximum absolute atomic E-state index is 12.1. The summed E-state index contributed by atoms with van der Waals surface area (Å²) in [7, 11) is 0. The normalized spacial score (nSPS) is 16.9. The molecule has 7 nitrogen and oxygen atoms in total. The Hall–Kier alpha value is -2.57. The van der Waals surface area contributed by atoms with Crippen LogP contribution in [0.4, 0.5) is 5.69 Å². The van der Waals surface area contributed by atoms with Crippen molar-refractivity contribution in [3.8, 4) is 5.75 Å². The SMILES string of the molecule is CC1Oc2ccccc2N(CCC(=O)NCC(=O)O)C1=O. The van der Waals surface area contributed by atoms with Gasteiger partial charge in [0.1, 0.15) is 12.3 Å². The number of carboxylic acids is 1. The summed E-state index contributed by atoms with van der Waals surface area (Å²) >= 11 is 0. The molecule has 0 aliphatic carbocycles. The van der Waals surface area contributed by atoms with Crippen molar-refractivity contribution in [3.63, 3.8) is 0 Å². The third kappa shape index (κ3) is 3.50. The number of carboxylic acid groups (broad SMARTS) is 1. The third-order valence-electron chi connectivity index (χ3n) is 3.07. The number of nitrogens with one attached hydrogen (secondary N) is 1. The fourth-order valence-electron chi connectivity index (χ4n) is 2.07. The second-order valence-electron chi connectivity index (χ2n) is 4.64. The molecule has 2 rings (SSSR count). The van der Waals surface area contributed by atoms with E-state index in [0.717, 1.165) is 0 Å². The molecule has 0 spiro atoms. The van der Waals surface area contributed by atoms with Gasteiger partial charge in [-0.3, -0.25) is 14.4 Å². The van der Waals surface area contributed by atoms with Gasteiger partial charge in [-0.15, -0.1) is 0 Å². The highest BCUT2D eigenvalue weighted by atomic mass is 16.5. The number of nitrogens with zero attached hydrogens (tertiary/aromatic N) is 1. The van der Waals surface area contributed by atoms with Gasteiger partial charge >= 0.3 is 5.97 Å². The molecule has 0 saturated carbocycles. The first-order chi connectivity index (χ1) is 9.99. The summed E-state index contributed by atoms with van der Waals surface area (Å²) in [5, 5.41) is 10.8. The molecule has 1 aliphatic rings. The summed E-state index contributed by atoms with van der Waals surface area (Å²) in [5.41, 5.74) is 0.617. The van der Waals surface area contributed by atoms with Crippen molar-refractivity contribution in [2.75, 3.05) is 18.0 Å². The number of fused-ring (bicyclic) bond motifs is 1. The number of hydrogen-bond acceptors (Lipinski definition) is 4. The van der Waals surface area contributed by atoms with Crippen molar-refractivity contribution in [1.82, 2.24) is 5.32 Å². The number of amides is 2. The van der Waals surface area contributed by atoms with E-state index in [9.17, 15) is 14.4 Å². The fraction of sp³-hybridized carbons (Fsp3) is 0.357. The van der Waals surface area contributed by atoms with E-state index in [4.69, 9.17) is 9.84 Å². The van der Waals surface area contributed by atoms with Crippen molar-refractivity contribution >= 4 is 23.5 Å². The van der Waals surface area contributed by atoms with Crippen LogP contribution in [-0.4, -0.2) is 42.1 Å².